The van der Waals surface area contributed by atoms with Crippen molar-refractivity contribution in [2.24, 2.45) is 11.3 Å². The van der Waals surface area contributed by atoms with E-state index in [4.69, 9.17) is 0 Å². The first-order valence-corrected chi connectivity index (χ1v) is 7.08. The molecule has 2 rings (SSSR count). The van der Waals surface area contributed by atoms with Gasteiger partial charge in [-0.3, -0.25) is 4.79 Å². The summed E-state index contributed by atoms with van der Waals surface area (Å²) >= 11 is 0. The maximum absolute atomic E-state index is 11.7. The second-order valence-electron chi connectivity index (χ2n) is 6.24. The Balaban J connectivity index is 2.00. The van der Waals surface area contributed by atoms with Gasteiger partial charge in [-0.15, -0.1) is 0 Å². The van der Waals surface area contributed by atoms with Crippen LogP contribution in [0, 0.1) is 11.3 Å². The van der Waals surface area contributed by atoms with Gasteiger partial charge in [-0.1, -0.05) is 26.8 Å². The molecule has 1 aliphatic carbocycles. The van der Waals surface area contributed by atoms with Gasteiger partial charge < -0.3 is 10.6 Å². The first-order chi connectivity index (χ1) is 8.90. The Morgan fingerprint density at radius 2 is 1.84 bits per heavy atom. The van der Waals surface area contributed by atoms with Gasteiger partial charge in [0.1, 0.15) is 0 Å². The van der Waals surface area contributed by atoms with Crippen molar-refractivity contribution < 1.29 is 4.79 Å². The van der Waals surface area contributed by atoms with Gasteiger partial charge in [0, 0.05) is 23.3 Å². The molecule has 3 nitrogen and oxygen atoms in total. The van der Waals surface area contributed by atoms with Crippen LogP contribution in [0.2, 0.25) is 0 Å². The Bertz CT molecular complexity index is 464. The predicted molar refractivity (Wildman–Crippen MR) is 80.3 cm³/mol. The van der Waals surface area contributed by atoms with Crippen LogP contribution in [0.4, 0.5) is 11.4 Å². The second-order valence-corrected chi connectivity index (χ2v) is 6.24. The van der Waals surface area contributed by atoms with E-state index in [2.05, 4.69) is 24.5 Å². The van der Waals surface area contributed by atoms with E-state index in [0.717, 1.165) is 11.4 Å². The van der Waals surface area contributed by atoms with Crippen LogP contribution < -0.4 is 10.6 Å². The predicted octanol–water partition coefficient (Wildman–Crippen LogP) is 3.88. The summed E-state index contributed by atoms with van der Waals surface area (Å²) in [7, 11) is 0. The van der Waals surface area contributed by atoms with E-state index in [1.807, 2.05) is 38.1 Å². The molecule has 0 bridgehead atoms. The topological polar surface area (TPSA) is 41.1 Å². The van der Waals surface area contributed by atoms with E-state index in [0.29, 0.717) is 11.5 Å². The Morgan fingerprint density at radius 3 is 2.42 bits per heavy atom. The molecule has 1 aliphatic rings. The minimum absolute atomic E-state index is 0.000846. The number of hydrogen-bond acceptors (Lipinski definition) is 2. The molecular formula is C16H24N2O. The minimum atomic E-state index is 0.000846. The summed E-state index contributed by atoms with van der Waals surface area (Å²) < 4.78 is 0. The summed E-state index contributed by atoms with van der Waals surface area (Å²) in [5.74, 6) is 0.0558. The van der Waals surface area contributed by atoms with E-state index >= 15 is 0 Å². The van der Waals surface area contributed by atoms with Gasteiger partial charge in [0.15, 0.2) is 0 Å². The quantitative estimate of drug-likeness (QED) is 0.843. The van der Waals surface area contributed by atoms with Crippen molar-refractivity contribution >= 4 is 17.3 Å². The lowest BCUT2D eigenvalue weighted by molar-refractivity contribution is -0.118. The van der Waals surface area contributed by atoms with Crippen molar-refractivity contribution in [1.82, 2.24) is 0 Å². The molecular weight excluding hydrogens is 236 g/mol. The van der Waals surface area contributed by atoms with Crippen LogP contribution in [0.5, 0.6) is 0 Å². The fourth-order valence-corrected chi connectivity index (χ4v) is 2.03. The molecule has 0 heterocycles. The molecule has 0 aliphatic heterocycles. The summed E-state index contributed by atoms with van der Waals surface area (Å²) in [6.07, 6.45) is 2.59. The minimum Gasteiger partial charge on any atom is -0.382 e. The maximum atomic E-state index is 11.7. The number of nitrogens with one attached hydrogen (secondary N) is 2. The van der Waals surface area contributed by atoms with Crippen LogP contribution in [0.25, 0.3) is 0 Å². The molecule has 1 atom stereocenters. The van der Waals surface area contributed by atoms with Crippen LogP contribution in [-0.2, 0) is 4.79 Å². The van der Waals surface area contributed by atoms with Crippen molar-refractivity contribution in [1.29, 1.82) is 0 Å². The number of carbonyl (C=O) groups excluding carboxylic acids is 1. The third-order valence-corrected chi connectivity index (χ3v) is 4.12. The fraction of sp³-hybridized carbons (Fsp3) is 0.562. The van der Waals surface area contributed by atoms with Crippen LogP contribution in [0.3, 0.4) is 0 Å². The van der Waals surface area contributed by atoms with Crippen LogP contribution in [-0.4, -0.2) is 11.9 Å². The lowest BCUT2D eigenvalue weighted by atomic mass is 10.0. The summed E-state index contributed by atoms with van der Waals surface area (Å²) in [6, 6.07) is 8.41. The molecule has 0 spiro atoms. The summed E-state index contributed by atoms with van der Waals surface area (Å²) in [4.78, 5) is 11.7. The number of hydrogen-bond donors (Lipinski definition) is 2. The summed E-state index contributed by atoms with van der Waals surface area (Å²) in [6.45, 7) is 8.34. The van der Waals surface area contributed by atoms with Gasteiger partial charge in [0.25, 0.3) is 0 Å². The third kappa shape index (κ3) is 3.49. The number of carbonyl (C=O) groups is 1. The number of anilines is 2. The molecule has 19 heavy (non-hydrogen) atoms. The monoisotopic (exact) mass is 260 g/mol. The highest BCUT2D eigenvalue weighted by Crippen LogP contribution is 2.48. The van der Waals surface area contributed by atoms with Crippen LogP contribution in [0.15, 0.2) is 24.3 Å². The van der Waals surface area contributed by atoms with E-state index in [9.17, 15) is 4.79 Å². The van der Waals surface area contributed by atoms with Crippen molar-refractivity contribution in [2.45, 2.75) is 46.6 Å². The Hall–Kier alpha value is -1.51. The molecule has 104 valence electrons. The first-order valence-electron chi connectivity index (χ1n) is 7.08. The Morgan fingerprint density at radius 1 is 1.21 bits per heavy atom. The lowest BCUT2D eigenvalue weighted by Gasteiger charge is -2.22. The summed E-state index contributed by atoms with van der Waals surface area (Å²) in [5, 5.41) is 6.47. The largest absolute Gasteiger partial charge is 0.382 e. The van der Waals surface area contributed by atoms with E-state index in [-0.39, 0.29) is 11.8 Å². The molecule has 0 aromatic heterocycles. The maximum Gasteiger partial charge on any atom is 0.226 e. The van der Waals surface area contributed by atoms with Gasteiger partial charge in [0.2, 0.25) is 5.91 Å². The lowest BCUT2D eigenvalue weighted by Crippen LogP contribution is -2.25. The van der Waals surface area contributed by atoms with Gasteiger partial charge >= 0.3 is 0 Å². The molecule has 1 fully saturated rings. The summed E-state index contributed by atoms with van der Waals surface area (Å²) in [5.41, 5.74) is 2.37. The third-order valence-electron chi connectivity index (χ3n) is 4.12. The number of amides is 1. The van der Waals surface area contributed by atoms with Crippen LogP contribution in [0.1, 0.15) is 40.5 Å². The number of rotatable bonds is 5. The molecule has 1 unspecified atom stereocenters. The average Bonchev–Trinajstić information content (AvgIpc) is 3.09. The normalized spacial score (nSPS) is 17.9. The molecule has 1 saturated carbocycles. The highest BCUT2D eigenvalue weighted by Gasteiger charge is 2.42. The first kappa shape index (κ1) is 13.9. The fourth-order valence-electron chi connectivity index (χ4n) is 2.03. The van der Waals surface area contributed by atoms with Crippen LogP contribution >= 0.6 is 0 Å². The number of benzene rings is 1. The van der Waals surface area contributed by atoms with Crippen molar-refractivity contribution in [2.75, 3.05) is 10.6 Å². The molecule has 1 aromatic rings. The zero-order valence-electron chi connectivity index (χ0n) is 12.3. The molecule has 0 radical (unpaired) electrons. The highest BCUT2D eigenvalue weighted by atomic mass is 16.1. The second kappa shape index (κ2) is 5.24. The van der Waals surface area contributed by atoms with Gasteiger partial charge in [-0.05, 0) is 43.4 Å². The van der Waals surface area contributed by atoms with E-state index < -0.39 is 0 Å². The zero-order chi connectivity index (χ0) is 14.0. The van der Waals surface area contributed by atoms with Crippen molar-refractivity contribution in [3.05, 3.63) is 24.3 Å². The molecule has 1 aromatic carbocycles. The molecule has 0 saturated heterocycles. The van der Waals surface area contributed by atoms with Gasteiger partial charge in [-0.25, -0.2) is 0 Å². The Kier molecular flexibility index (Phi) is 3.83. The molecule has 3 heteroatoms. The Labute approximate surface area is 115 Å². The van der Waals surface area contributed by atoms with Crippen molar-refractivity contribution in [3.63, 3.8) is 0 Å². The van der Waals surface area contributed by atoms with E-state index in [1.54, 1.807) is 0 Å². The van der Waals surface area contributed by atoms with Crippen molar-refractivity contribution in [3.8, 4) is 0 Å². The zero-order valence-corrected chi connectivity index (χ0v) is 12.3. The SMILES string of the molecule is CC(C)C(=O)Nc1cccc(NC(C)C2(C)CC2)c1. The van der Waals surface area contributed by atoms with Gasteiger partial charge in [0.05, 0.1) is 0 Å². The standard InChI is InChI=1S/C16H24N2O/c1-11(2)15(19)18-14-7-5-6-13(10-14)17-12(3)16(4)8-9-16/h5-7,10-12,17H,8-9H2,1-4H3,(H,18,19). The molecule has 2 N–H and O–H groups in total. The average molecular weight is 260 g/mol. The smallest absolute Gasteiger partial charge is 0.226 e. The van der Waals surface area contributed by atoms with E-state index in [1.165, 1.54) is 12.8 Å². The van der Waals surface area contributed by atoms with Gasteiger partial charge in [-0.2, -0.15) is 0 Å². The molecule has 1 amide bonds. The highest BCUT2D eigenvalue weighted by molar-refractivity contribution is 5.92.